The van der Waals surface area contributed by atoms with E-state index >= 15 is 8.42 Å². The van der Waals surface area contributed by atoms with Crippen molar-refractivity contribution in [2.24, 2.45) is 29.6 Å². The van der Waals surface area contributed by atoms with Crippen molar-refractivity contribution >= 4 is 49.1 Å². The van der Waals surface area contributed by atoms with E-state index in [9.17, 15) is 10.2 Å². The van der Waals surface area contributed by atoms with Gasteiger partial charge in [0.1, 0.15) is 6.10 Å². The third-order valence-corrected chi connectivity index (χ3v) is 31.1. The third-order valence-electron chi connectivity index (χ3n) is 19.4. The molecule has 76 heavy (non-hydrogen) atoms. The molecule has 0 saturated carbocycles. The van der Waals surface area contributed by atoms with Crippen molar-refractivity contribution in [1.82, 2.24) is 0 Å². The minimum absolute atomic E-state index is 0.0119. The van der Waals surface area contributed by atoms with Crippen molar-refractivity contribution in [2.45, 2.75) is 279 Å². The molecule has 5 saturated heterocycles. The highest BCUT2D eigenvalue weighted by atomic mass is 127. The van der Waals surface area contributed by atoms with Crippen molar-refractivity contribution in [2.75, 3.05) is 6.61 Å². The lowest BCUT2D eigenvalue weighted by molar-refractivity contribution is -0.253. The maximum atomic E-state index is 15.5. The topological polar surface area (TPSA) is 139 Å². The van der Waals surface area contributed by atoms with Crippen LogP contribution in [0.5, 0.6) is 0 Å². The summed E-state index contributed by atoms with van der Waals surface area (Å²) in [7, 11) is -8.74. The number of aliphatic hydroxyl groups excluding tert-OH is 2. The first kappa shape index (κ1) is 64.4. The van der Waals surface area contributed by atoms with Crippen LogP contribution in [-0.2, 0) is 42.4 Å². The van der Waals surface area contributed by atoms with E-state index in [4.69, 9.17) is 32.5 Å². The Labute approximate surface area is 477 Å². The van der Waals surface area contributed by atoms with Crippen molar-refractivity contribution in [3.8, 4) is 0 Å². The Kier molecular flexibility index (Phi) is 22.5. The summed E-state index contributed by atoms with van der Waals surface area (Å²) in [6.07, 6.45) is 6.25. The summed E-state index contributed by atoms with van der Waals surface area (Å²) >= 11 is 2.29. The molecule has 2 N–H and O–H groups in total. The van der Waals surface area contributed by atoms with Gasteiger partial charge in [0.05, 0.1) is 83.4 Å². The molecular weight excluding hydrogens is 1120 g/mol. The molecule has 1 aromatic rings. The first-order chi connectivity index (χ1) is 35.4. The smallest absolute Gasteiger partial charge is 0.193 e. The van der Waals surface area contributed by atoms with Crippen LogP contribution in [0, 0.1) is 29.6 Å². The van der Waals surface area contributed by atoms with Crippen molar-refractivity contribution < 1.29 is 51.2 Å². The molecule has 5 aliphatic rings. The largest absolute Gasteiger partial charge is 0.411 e. The molecule has 0 aromatic heterocycles. The molecule has 6 rings (SSSR count). The highest BCUT2D eigenvalue weighted by molar-refractivity contribution is 14.1. The van der Waals surface area contributed by atoms with Gasteiger partial charge in [0.2, 0.25) is 0 Å². The van der Waals surface area contributed by atoms with Gasteiger partial charge < -0.3 is 42.7 Å². The number of sulfone groups is 1. The van der Waals surface area contributed by atoms with Crippen LogP contribution in [0.4, 0.5) is 0 Å². The maximum Gasteiger partial charge on any atom is 0.193 e. The molecule has 0 bridgehead atoms. The highest BCUT2D eigenvalue weighted by Crippen LogP contribution is 2.49. The Balaban J connectivity index is 1.29. The average Bonchev–Trinajstić information content (AvgIpc) is 3.85. The molecule has 0 aliphatic carbocycles. The fourth-order valence-electron chi connectivity index (χ4n) is 12.4. The predicted octanol–water partition coefficient (Wildman–Crippen LogP) is 13.7. The molecule has 11 nitrogen and oxygen atoms in total. The molecule has 0 spiro atoms. The monoisotopic (exact) mass is 1230 g/mol. The molecule has 19 atom stereocenters. The molecule has 5 aliphatic heterocycles. The standard InChI is InChI=1S/C61H103IO11SSi2/c1-18-38(2)33-52-42(6)55(54(70-52)37-53-41(5)39(3)34-45(68-53)26-28-49-40(4)35-44(67-49)23-22-32-63)59(74(65,66)47-24-20-19-21-25-47)48(64)36-46-27-29-50-56(69-46)43(7)57(73-76(16,17)61(11,12)13)58(71-50)51(30-31-62)72-75(14,15)60(8,9)10/h19-21,24-25,30-31,38-39,42-46,48-59,63-64H,4-5,18,22-23,26-29,32-37H2,1-3,6-17H3/b31-30+/t38-,39-,42+,43+,44+,45?,46?,48?,49+,50+,51+,52-,53-,54+,55-,56-,57+,58+,59?/m1/s1. The number of fused-ring (bicyclic) bond motifs is 1. The first-order valence-electron chi connectivity index (χ1n) is 29.3. The zero-order chi connectivity index (χ0) is 56.3. The summed E-state index contributed by atoms with van der Waals surface area (Å²) < 4.78 is 82.7. The number of halogens is 1. The lowest BCUT2D eigenvalue weighted by atomic mass is 9.77. The third kappa shape index (κ3) is 15.2. The van der Waals surface area contributed by atoms with Crippen LogP contribution < -0.4 is 0 Å². The summed E-state index contributed by atoms with van der Waals surface area (Å²) in [5.41, 5.74) is 2.11. The molecule has 434 valence electrons. The second kappa shape index (κ2) is 26.6. The van der Waals surface area contributed by atoms with Crippen LogP contribution >= 0.6 is 22.6 Å². The van der Waals surface area contributed by atoms with Gasteiger partial charge in [-0.1, -0.05) is 137 Å². The molecular formula is C61H103IO11SSi2. The number of hydrogen-bond acceptors (Lipinski definition) is 11. The molecule has 0 radical (unpaired) electrons. The number of ether oxygens (including phenoxy) is 5. The second-order valence-corrected chi connectivity index (χ2v) is 39.4. The Bertz CT molecular complexity index is 2180. The SMILES string of the molecule is C=C1C[C@H](CCCO)O[C@H]1CCC1C[C@@H](C)C(=C)[C@@H](C[C@@H]2O[C@H](C[C@H](C)CC)[C@H](C)[C@H]2C(C(O)CC2CC[C@@H]3O[C@@H]([C@H](/C=C/I)O[Si](C)(C)C(C)(C)C)[C@@H](O[Si](C)(C)C(C)(C)C)[C@@H](C)[C@H]3O2)S(=O)(=O)c2ccccc2)O1. The van der Waals surface area contributed by atoms with Gasteiger partial charge in [-0.25, -0.2) is 8.42 Å². The minimum atomic E-state index is -4.14. The zero-order valence-corrected chi connectivity index (χ0v) is 54.4. The Morgan fingerprint density at radius 2 is 1.49 bits per heavy atom. The molecule has 0 amide bonds. The summed E-state index contributed by atoms with van der Waals surface area (Å²) in [6.45, 7) is 42.8. The van der Waals surface area contributed by atoms with Gasteiger partial charge >= 0.3 is 0 Å². The number of hydrogen-bond donors (Lipinski definition) is 2. The summed E-state index contributed by atoms with van der Waals surface area (Å²) in [5.74, 6) is -0.265. The molecule has 5 heterocycles. The Morgan fingerprint density at radius 3 is 2.11 bits per heavy atom. The van der Waals surface area contributed by atoms with Crippen LogP contribution in [0.15, 0.2) is 69.7 Å². The maximum absolute atomic E-state index is 15.5. The van der Waals surface area contributed by atoms with E-state index in [2.05, 4.69) is 144 Å². The van der Waals surface area contributed by atoms with Gasteiger partial charge in [0.15, 0.2) is 26.5 Å². The quantitative estimate of drug-likeness (QED) is 0.0615. The molecule has 1 aromatic carbocycles. The van der Waals surface area contributed by atoms with Gasteiger partial charge in [0.25, 0.3) is 0 Å². The van der Waals surface area contributed by atoms with Crippen molar-refractivity contribution in [1.29, 1.82) is 0 Å². The second-order valence-electron chi connectivity index (χ2n) is 27.1. The Hall–Kier alpha value is -0.806. The van der Waals surface area contributed by atoms with Crippen LogP contribution in [0.1, 0.15) is 153 Å². The minimum Gasteiger partial charge on any atom is -0.411 e. The fraction of sp³-hybridized carbons (Fsp3) is 0.803. The lowest BCUT2D eigenvalue weighted by Gasteiger charge is -2.54. The van der Waals surface area contributed by atoms with E-state index in [-0.39, 0.29) is 107 Å². The van der Waals surface area contributed by atoms with Gasteiger partial charge in [-0.3, -0.25) is 0 Å². The van der Waals surface area contributed by atoms with E-state index in [0.717, 1.165) is 56.1 Å². The fourth-order valence-corrected chi connectivity index (χ4v) is 17.6. The first-order valence-corrected chi connectivity index (χ1v) is 37.9. The zero-order valence-electron chi connectivity index (χ0n) is 49.5. The summed E-state index contributed by atoms with van der Waals surface area (Å²) in [6, 6.07) is 8.68. The van der Waals surface area contributed by atoms with E-state index in [1.165, 1.54) is 0 Å². The normalized spacial score (nSPS) is 34.8. The van der Waals surface area contributed by atoms with E-state index in [1.807, 2.05) is 10.1 Å². The van der Waals surface area contributed by atoms with Crippen LogP contribution in [0.3, 0.4) is 0 Å². The van der Waals surface area contributed by atoms with Crippen LogP contribution in [0.25, 0.3) is 0 Å². The van der Waals surface area contributed by atoms with Gasteiger partial charge in [-0.15, -0.1) is 0 Å². The summed E-state index contributed by atoms with van der Waals surface area (Å²) in [5, 5.41) is 21.2. The van der Waals surface area contributed by atoms with E-state index in [0.29, 0.717) is 31.6 Å². The summed E-state index contributed by atoms with van der Waals surface area (Å²) in [4.78, 5) is 0.197. The van der Waals surface area contributed by atoms with Crippen molar-refractivity contribution in [3.63, 3.8) is 0 Å². The van der Waals surface area contributed by atoms with Gasteiger partial charge in [-0.05, 0) is 145 Å². The van der Waals surface area contributed by atoms with E-state index < -0.39 is 56.0 Å². The van der Waals surface area contributed by atoms with Crippen molar-refractivity contribution in [3.05, 3.63) is 64.8 Å². The number of aliphatic hydroxyl groups is 2. The molecule has 4 unspecified atom stereocenters. The van der Waals surface area contributed by atoms with Gasteiger partial charge in [-0.2, -0.15) is 0 Å². The van der Waals surface area contributed by atoms with Gasteiger partial charge in [0, 0.05) is 31.3 Å². The number of benzene rings is 1. The van der Waals surface area contributed by atoms with Crippen LogP contribution in [0.2, 0.25) is 36.3 Å². The highest BCUT2D eigenvalue weighted by Gasteiger charge is 2.57. The Morgan fingerprint density at radius 1 is 0.829 bits per heavy atom. The predicted molar refractivity (Wildman–Crippen MR) is 321 cm³/mol. The van der Waals surface area contributed by atoms with E-state index in [1.54, 1.807) is 24.3 Å². The van der Waals surface area contributed by atoms with Crippen LogP contribution in [-0.4, -0.2) is 126 Å². The molecule has 5 fully saturated rings. The molecule has 15 heteroatoms. The lowest BCUT2D eigenvalue weighted by Crippen LogP contribution is -2.64. The number of rotatable bonds is 23. The average molecular weight is 1230 g/mol.